The summed E-state index contributed by atoms with van der Waals surface area (Å²) in [6.07, 6.45) is 3.11. The fraction of sp³-hybridized carbons (Fsp3) is 0.545. The number of H-pyrrole nitrogens is 1. The zero-order valence-corrected chi connectivity index (χ0v) is 10.1. The molecule has 0 saturated carbocycles. The molecular formula is C11H17N5O. The number of imidazole rings is 1. The van der Waals surface area contributed by atoms with Gasteiger partial charge in [-0.2, -0.15) is 0 Å². The molecule has 0 aromatic carbocycles. The van der Waals surface area contributed by atoms with E-state index in [1.807, 2.05) is 0 Å². The smallest absolute Gasteiger partial charge is 0.182 e. The first-order valence-corrected chi connectivity index (χ1v) is 5.73. The lowest BCUT2D eigenvalue weighted by Gasteiger charge is -2.08. The maximum atomic E-state index is 5.48. The molecule has 6 heteroatoms. The van der Waals surface area contributed by atoms with E-state index >= 15 is 0 Å². The minimum absolute atomic E-state index is 0.563. The molecule has 0 radical (unpaired) electrons. The molecule has 92 valence electrons. The summed E-state index contributed by atoms with van der Waals surface area (Å²) in [5, 5.41) is 3.20. The van der Waals surface area contributed by atoms with Gasteiger partial charge in [-0.1, -0.05) is 13.8 Å². The Morgan fingerprint density at radius 2 is 2.24 bits per heavy atom. The van der Waals surface area contributed by atoms with E-state index in [4.69, 9.17) is 4.74 Å². The highest BCUT2D eigenvalue weighted by molar-refractivity contribution is 5.81. The highest BCUT2D eigenvalue weighted by Crippen LogP contribution is 2.13. The maximum absolute atomic E-state index is 5.48. The third-order valence-electron chi connectivity index (χ3n) is 2.21. The van der Waals surface area contributed by atoms with Crippen molar-refractivity contribution < 1.29 is 4.74 Å². The molecular weight excluding hydrogens is 218 g/mol. The molecule has 0 fully saturated rings. The number of aromatic nitrogens is 4. The van der Waals surface area contributed by atoms with Gasteiger partial charge in [0.1, 0.15) is 11.8 Å². The van der Waals surface area contributed by atoms with Crippen molar-refractivity contribution in [1.29, 1.82) is 0 Å². The monoisotopic (exact) mass is 235 g/mol. The Morgan fingerprint density at radius 1 is 1.35 bits per heavy atom. The molecule has 2 aromatic heterocycles. The number of fused-ring (bicyclic) bond motifs is 1. The van der Waals surface area contributed by atoms with Gasteiger partial charge in [-0.15, -0.1) is 0 Å². The highest BCUT2D eigenvalue weighted by Gasteiger charge is 2.04. The number of anilines is 1. The number of hydrogen-bond donors (Lipinski definition) is 2. The third kappa shape index (κ3) is 3.13. The van der Waals surface area contributed by atoms with Crippen molar-refractivity contribution in [3.8, 4) is 0 Å². The number of hydrogen-bond acceptors (Lipinski definition) is 5. The van der Waals surface area contributed by atoms with E-state index in [1.165, 1.54) is 6.33 Å². The topological polar surface area (TPSA) is 75.7 Å². The Hall–Kier alpha value is -1.69. The van der Waals surface area contributed by atoms with Crippen LogP contribution in [0.2, 0.25) is 0 Å². The average molecular weight is 235 g/mol. The van der Waals surface area contributed by atoms with Gasteiger partial charge < -0.3 is 15.0 Å². The van der Waals surface area contributed by atoms with Gasteiger partial charge in [-0.25, -0.2) is 15.0 Å². The van der Waals surface area contributed by atoms with E-state index in [0.717, 1.165) is 24.5 Å². The summed E-state index contributed by atoms with van der Waals surface area (Å²) >= 11 is 0. The van der Waals surface area contributed by atoms with Gasteiger partial charge in [-0.3, -0.25) is 0 Å². The molecule has 0 saturated heterocycles. The molecule has 0 bridgehead atoms. The van der Waals surface area contributed by atoms with Crippen LogP contribution in [-0.4, -0.2) is 39.7 Å². The Morgan fingerprint density at radius 3 is 3.06 bits per heavy atom. The van der Waals surface area contributed by atoms with Crippen LogP contribution in [0.3, 0.4) is 0 Å². The normalized spacial score (nSPS) is 11.2. The van der Waals surface area contributed by atoms with Crippen LogP contribution < -0.4 is 5.32 Å². The molecule has 2 rings (SSSR count). The van der Waals surface area contributed by atoms with Crippen molar-refractivity contribution >= 4 is 17.0 Å². The second-order valence-electron chi connectivity index (χ2n) is 4.22. The molecule has 0 atom stereocenters. The van der Waals surface area contributed by atoms with Crippen molar-refractivity contribution in [2.75, 3.05) is 25.1 Å². The molecule has 0 aliphatic rings. The summed E-state index contributed by atoms with van der Waals surface area (Å²) in [6, 6.07) is 0. The largest absolute Gasteiger partial charge is 0.379 e. The van der Waals surface area contributed by atoms with Gasteiger partial charge in [-0.05, 0) is 5.92 Å². The maximum Gasteiger partial charge on any atom is 0.182 e. The van der Waals surface area contributed by atoms with Crippen LogP contribution in [0.15, 0.2) is 12.7 Å². The molecule has 6 nitrogen and oxygen atoms in total. The Kier molecular flexibility index (Phi) is 3.87. The van der Waals surface area contributed by atoms with Crippen LogP contribution in [0.4, 0.5) is 5.82 Å². The second kappa shape index (κ2) is 5.58. The summed E-state index contributed by atoms with van der Waals surface area (Å²) < 4.78 is 5.48. The highest BCUT2D eigenvalue weighted by atomic mass is 16.5. The van der Waals surface area contributed by atoms with E-state index in [9.17, 15) is 0 Å². The van der Waals surface area contributed by atoms with Crippen molar-refractivity contribution in [2.24, 2.45) is 5.92 Å². The minimum Gasteiger partial charge on any atom is -0.379 e. The predicted octanol–water partition coefficient (Wildman–Crippen LogP) is 1.44. The zero-order chi connectivity index (χ0) is 12.1. The lowest BCUT2D eigenvalue weighted by atomic mass is 10.2. The molecule has 0 amide bonds. The summed E-state index contributed by atoms with van der Waals surface area (Å²) in [6.45, 7) is 6.43. The van der Waals surface area contributed by atoms with Gasteiger partial charge in [0.15, 0.2) is 11.5 Å². The number of nitrogens with one attached hydrogen (secondary N) is 2. The zero-order valence-electron chi connectivity index (χ0n) is 10.1. The Labute approximate surface area is 99.8 Å². The first-order valence-electron chi connectivity index (χ1n) is 5.73. The molecule has 0 aliphatic heterocycles. The van der Waals surface area contributed by atoms with Gasteiger partial charge in [0.2, 0.25) is 0 Å². The Balaban J connectivity index is 1.84. The summed E-state index contributed by atoms with van der Waals surface area (Å²) in [4.78, 5) is 15.3. The summed E-state index contributed by atoms with van der Waals surface area (Å²) in [7, 11) is 0. The first-order chi connectivity index (χ1) is 8.27. The second-order valence-corrected chi connectivity index (χ2v) is 4.22. The van der Waals surface area contributed by atoms with Crippen molar-refractivity contribution in [1.82, 2.24) is 19.9 Å². The van der Waals surface area contributed by atoms with E-state index in [0.29, 0.717) is 18.2 Å². The number of rotatable bonds is 6. The Bertz CT molecular complexity index is 468. The lowest BCUT2D eigenvalue weighted by Crippen LogP contribution is -2.13. The van der Waals surface area contributed by atoms with Crippen LogP contribution in [-0.2, 0) is 4.74 Å². The lowest BCUT2D eigenvalue weighted by molar-refractivity contribution is 0.118. The van der Waals surface area contributed by atoms with Crippen molar-refractivity contribution in [2.45, 2.75) is 13.8 Å². The summed E-state index contributed by atoms with van der Waals surface area (Å²) in [5.74, 6) is 1.33. The van der Waals surface area contributed by atoms with E-state index in [-0.39, 0.29) is 0 Å². The van der Waals surface area contributed by atoms with E-state index in [1.54, 1.807) is 6.33 Å². The van der Waals surface area contributed by atoms with Crippen LogP contribution in [0.25, 0.3) is 11.2 Å². The first kappa shape index (κ1) is 11.8. The van der Waals surface area contributed by atoms with Gasteiger partial charge in [0.05, 0.1) is 12.9 Å². The molecule has 2 heterocycles. The third-order valence-corrected chi connectivity index (χ3v) is 2.21. The SMILES string of the molecule is CC(C)COCCNc1ncnc2nc[nH]c12. The van der Waals surface area contributed by atoms with Crippen molar-refractivity contribution in [3.05, 3.63) is 12.7 Å². The molecule has 2 N–H and O–H groups in total. The van der Waals surface area contributed by atoms with Gasteiger partial charge in [0, 0.05) is 13.2 Å². The predicted molar refractivity (Wildman–Crippen MR) is 65.8 cm³/mol. The number of aromatic amines is 1. The van der Waals surface area contributed by atoms with Crippen LogP contribution >= 0.6 is 0 Å². The fourth-order valence-corrected chi connectivity index (χ4v) is 1.46. The van der Waals surface area contributed by atoms with Crippen molar-refractivity contribution in [3.63, 3.8) is 0 Å². The van der Waals surface area contributed by atoms with E-state index in [2.05, 4.69) is 39.1 Å². The molecule has 17 heavy (non-hydrogen) atoms. The number of nitrogens with zero attached hydrogens (tertiary/aromatic N) is 3. The molecule has 0 unspecified atom stereocenters. The molecule has 0 spiro atoms. The van der Waals surface area contributed by atoms with Gasteiger partial charge in [0.25, 0.3) is 0 Å². The van der Waals surface area contributed by atoms with Crippen LogP contribution in [0.1, 0.15) is 13.8 Å². The van der Waals surface area contributed by atoms with Crippen LogP contribution in [0.5, 0.6) is 0 Å². The average Bonchev–Trinajstić information content (AvgIpc) is 2.77. The summed E-state index contributed by atoms with van der Waals surface area (Å²) in [5.41, 5.74) is 1.50. The fourth-order valence-electron chi connectivity index (χ4n) is 1.46. The quantitative estimate of drug-likeness (QED) is 0.741. The minimum atomic E-state index is 0.563. The van der Waals surface area contributed by atoms with Gasteiger partial charge >= 0.3 is 0 Å². The molecule has 2 aromatic rings. The van der Waals surface area contributed by atoms with E-state index < -0.39 is 0 Å². The molecule has 0 aliphatic carbocycles. The number of ether oxygens (including phenoxy) is 1. The standard InChI is InChI=1S/C11H17N5O/c1-8(2)5-17-4-3-12-10-9-11(14-6-13-9)16-7-15-10/h6-8H,3-5H2,1-2H3,(H2,12,13,14,15,16). The van der Waals surface area contributed by atoms with Crippen LogP contribution in [0, 0.1) is 5.92 Å².